The molecule has 3 rings (SSSR count). The van der Waals surface area contributed by atoms with Gasteiger partial charge in [0, 0.05) is 24.1 Å². The number of benzene rings is 2. The summed E-state index contributed by atoms with van der Waals surface area (Å²) in [6.07, 6.45) is 2.22. The van der Waals surface area contributed by atoms with Gasteiger partial charge in [-0.15, -0.1) is 0 Å². The Morgan fingerprint density at radius 3 is 2.44 bits per heavy atom. The van der Waals surface area contributed by atoms with Crippen molar-refractivity contribution in [2.45, 2.75) is 24.8 Å². The van der Waals surface area contributed by atoms with E-state index in [1.807, 2.05) is 36.4 Å². The fourth-order valence-electron chi connectivity index (χ4n) is 3.02. The van der Waals surface area contributed by atoms with Crippen molar-refractivity contribution in [3.8, 4) is 11.5 Å². The van der Waals surface area contributed by atoms with Crippen molar-refractivity contribution in [1.82, 2.24) is 10.6 Å². The van der Waals surface area contributed by atoms with E-state index >= 15 is 0 Å². The van der Waals surface area contributed by atoms with Crippen LogP contribution in [0.15, 0.2) is 48.5 Å². The molecule has 0 spiro atoms. The van der Waals surface area contributed by atoms with Crippen LogP contribution in [0.5, 0.6) is 11.5 Å². The molecule has 0 aromatic heterocycles. The third-order valence-corrected chi connectivity index (χ3v) is 4.75. The third-order valence-electron chi connectivity index (χ3n) is 4.75. The highest BCUT2D eigenvalue weighted by Crippen LogP contribution is 2.47. The number of carbonyl (C=O) groups is 1. The Bertz CT molecular complexity index is 727. The lowest BCUT2D eigenvalue weighted by molar-refractivity contribution is 0.239. The number of nitrogens with one attached hydrogen (secondary N) is 2. The molecule has 0 saturated heterocycles. The van der Waals surface area contributed by atoms with Gasteiger partial charge in [-0.05, 0) is 36.6 Å². The number of carbonyl (C=O) groups excluding carboxylic acids is 1. The van der Waals surface area contributed by atoms with Crippen molar-refractivity contribution in [3.05, 3.63) is 59.7 Å². The SMILES string of the molecule is COc1ccc(OC)c(CNC(=O)NCC2(c3ccccc3)CC2)c1. The second-order valence-corrected chi connectivity index (χ2v) is 6.36. The van der Waals surface area contributed by atoms with E-state index in [0.717, 1.165) is 29.9 Å². The largest absolute Gasteiger partial charge is 0.497 e. The lowest BCUT2D eigenvalue weighted by Crippen LogP contribution is -2.39. The summed E-state index contributed by atoms with van der Waals surface area (Å²) in [5, 5.41) is 5.89. The summed E-state index contributed by atoms with van der Waals surface area (Å²) in [6, 6.07) is 15.7. The predicted octanol–water partition coefficient (Wildman–Crippen LogP) is 3.23. The van der Waals surface area contributed by atoms with Crippen LogP contribution in [-0.4, -0.2) is 26.8 Å². The van der Waals surface area contributed by atoms with Gasteiger partial charge in [0.2, 0.25) is 0 Å². The van der Waals surface area contributed by atoms with Gasteiger partial charge in [-0.2, -0.15) is 0 Å². The fraction of sp³-hybridized carbons (Fsp3) is 0.350. The van der Waals surface area contributed by atoms with Crippen molar-refractivity contribution in [1.29, 1.82) is 0 Å². The molecule has 2 aromatic carbocycles. The van der Waals surface area contributed by atoms with Crippen molar-refractivity contribution < 1.29 is 14.3 Å². The molecule has 0 heterocycles. The molecule has 132 valence electrons. The second kappa shape index (κ2) is 7.47. The normalized spacial score (nSPS) is 14.5. The molecule has 1 aliphatic rings. The Balaban J connectivity index is 1.54. The van der Waals surface area contributed by atoms with Gasteiger partial charge in [0.15, 0.2) is 0 Å². The zero-order chi connectivity index (χ0) is 17.7. The average Bonchev–Trinajstić information content (AvgIpc) is 3.46. The third kappa shape index (κ3) is 4.05. The first-order chi connectivity index (χ1) is 12.2. The standard InChI is InChI=1S/C20H24N2O3/c1-24-17-8-9-18(25-2)15(12-17)13-21-19(23)22-14-20(10-11-20)16-6-4-3-5-7-16/h3-9,12H,10-11,13-14H2,1-2H3,(H2,21,22,23). The minimum absolute atomic E-state index is 0.103. The quantitative estimate of drug-likeness (QED) is 0.813. The van der Waals surface area contributed by atoms with Crippen molar-refractivity contribution in [2.75, 3.05) is 20.8 Å². The maximum absolute atomic E-state index is 12.2. The Kier molecular flexibility index (Phi) is 5.12. The van der Waals surface area contributed by atoms with Crippen LogP contribution in [0.2, 0.25) is 0 Å². The van der Waals surface area contributed by atoms with E-state index in [4.69, 9.17) is 9.47 Å². The van der Waals surface area contributed by atoms with E-state index in [1.54, 1.807) is 14.2 Å². The summed E-state index contributed by atoms with van der Waals surface area (Å²) in [4.78, 5) is 12.2. The van der Waals surface area contributed by atoms with Crippen LogP contribution < -0.4 is 20.1 Å². The zero-order valence-electron chi connectivity index (χ0n) is 14.7. The highest BCUT2D eigenvalue weighted by molar-refractivity contribution is 5.74. The molecule has 1 saturated carbocycles. The molecule has 1 aliphatic carbocycles. The summed E-state index contributed by atoms with van der Waals surface area (Å²) in [5.74, 6) is 1.46. The Labute approximate surface area is 148 Å². The van der Waals surface area contributed by atoms with Crippen LogP contribution in [0.1, 0.15) is 24.0 Å². The van der Waals surface area contributed by atoms with E-state index in [-0.39, 0.29) is 11.4 Å². The molecule has 2 aromatic rings. The topological polar surface area (TPSA) is 59.6 Å². The number of hydrogen-bond donors (Lipinski definition) is 2. The summed E-state index contributed by atoms with van der Waals surface area (Å²) in [6.45, 7) is 1.03. The molecule has 5 nitrogen and oxygen atoms in total. The molecule has 2 N–H and O–H groups in total. The Hall–Kier alpha value is -2.69. The summed E-state index contributed by atoms with van der Waals surface area (Å²) in [5.41, 5.74) is 2.28. The highest BCUT2D eigenvalue weighted by atomic mass is 16.5. The minimum atomic E-state index is -0.174. The number of hydrogen-bond acceptors (Lipinski definition) is 3. The lowest BCUT2D eigenvalue weighted by atomic mass is 9.96. The Morgan fingerprint density at radius 2 is 1.80 bits per heavy atom. The molecular formula is C20H24N2O3. The molecule has 1 fully saturated rings. The monoisotopic (exact) mass is 340 g/mol. The molecular weight excluding hydrogens is 316 g/mol. The summed E-state index contributed by atoms with van der Waals surface area (Å²) in [7, 11) is 3.23. The average molecular weight is 340 g/mol. The lowest BCUT2D eigenvalue weighted by Gasteiger charge is -2.17. The second-order valence-electron chi connectivity index (χ2n) is 6.36. The number of urea groups is 1. The highest BCUT2D eigenvalue weighted by Gasteiger charge is 2.44. The molecule has 0 aliphatic heterocycles. The molecule has 0 atom stereocenters. The Morgan fingerprint density at radius 1 is 1.04 bits per heavy atom. The van der Waals surface area contributed by atoms with Gasteiger partial charge in [0.1, 0.15) is 11.5 Å². The smallest absolute Gasteiger partial charge is 0.315 e. The van der Waals surface area contributed by atoms with E-state index in [0.29, 0.717) is 13.1 Å². The molecule has 0 radical (unpaired) electrons. The van der Waals surface area contributed by atoms with E-state index < -0.39 is 0 Å². The molecule has 25 heavy (non-hydrogen) atoms. The van der Waals surface area contributed by atoms with E-state index in [1.165, 1.54) is 5.56 Å². The van der Waals surface area contributed by atoms with E-state index in [9.17, 15) is 4.79 Å². The van der Waals surface area contributed by atoms with Crippen LogP contribution in [0.3, 0.4) is 0 Å². The maximum atomic E-state index is 12.2. The van der Waals surface area contributed by atoms with E-state index in [2.05, 4.69) is 22.8 Å². The van der Waals surface area contributed by atoms with Gasteiger partial charge in [-0.1, -0.05) is 30.3 Å². The number of methoxy groups -OCH3 is 2. The minimum Gasteiger partial charge on any atom is -0.497 e. The van der Waals surface area contributed by atoms with Gasteiger partial charge >= 0.3 is 6.03 Å². The summed E-state index contributed by atoms with van der Waals surface area (Å²) >= 11 is 0. The van der Waals surface area contributed by atoms with Gasteiger partial charge in [0.05, 0.1) is 14.2 Å². The van der Waals surface area contributed by atoms with Crippen LogP contribution in [0.25, 0.3) is 0 Å². The molecule has 5 heteroatoms. The first-order valence-corrected chi connectivity index (χ1v) is 8.45. The predicted molar refractivity (Wildman–Crippen MR) is 97.1 cm³/mol. The van der Waals surface area contributed by atoms with Gasteiger partial charge in [-0.25, -0.2) is 4.79 Å². The maximum Gasteiger partial charge on any atom is 0.315 e. The summed E-state index contributed by atoms with van der Waals surface area (Å²) < 4.78 is 10.6. The van der Waals surface area contributed by atoms with Crippen molar-refractivity contribution in [2.24, 2.45) is 0 Å². The molecule has 0 bridgehead atoms. The number of amides is 2. The fourth-order valence-corrected chi connectivity index (χ4v) is 3.02. The zero-order valence-corrected chi connectivity index (χ0v) is 14.7. The first kappa shape index (κ1) is 17.1. The first-order valence-electron chi connectivity index (χ1n) is 8.45. The van der Waals surface area contributed by atoms with Crippen LogP contribution in [0, 0.1) is 0 Å². The van der Waals surface area contributed by atoms with Crippen LogP contribution in [0.4, 0.5) is 4.79 Å². The van der Waals surface area contributed by atoms with Gasteiger partial charge in [-0.3, -0.25) is 0 Å². The van der Waals surface area contributed by atoms with Gasteiger partial charge in [0.25, 0.3) is 0 Å². The van der Waals surface area contributed by atoms with Gasteiger partial charge < -0.3 is 20.1 Å². The molecule has 2 amide bonds. The number of rotatable bonds is 7. The van der Waals surface area contributed by atoms with Crippen LogP contribution >= 0.6 is 0 Å². The number of ether oxygens (including phenoxy) is 2. The van der Waals surface area contributed by atoms with Crippen molar-refractivity contribution >= 4 is 6.03 Å². The van der Waals surface area contributed by atoms with Crippen molar-refractivity contribution in [3.63, 3.8) is 0 Å². The molecule has 0 unspecified atom stereocenters. The van der Waals surface area contributed by atoms with Crippen LogP contribution in [-0.2, 0) is 12.0 Å².